The molecule has 9 heavy (non-hydrogen) atoms. The van der Waals surface area contributed by atoms with Gasteiger partial charge in [-0.1, -0.05) is 13.3 Å². The minimum atomic E-state index is 1.08. The van der Waals surface area contributed by atoms with Crippen LogP contribution >= 0.6 is 0 Å². The average Bonchev–Trinajstić information content (AvgIpc) is 2.34. The van der Waals surface area contributed by atoms with Crippen LogP contribution in [0.4, 0.5) is 0 Å². The summed E-state index contributed by atoms with van der Waals surface area (Å²) in [4.78, 5) is 0. The van der Waals surface area contributed by atoms with Crippen LogP contribution in [0.1, 0.15) is 19.8 Å². The molecule has 3 nitrogen and oxygen atoms in total. The molecule has 0 saturated heterocycles. The van der Waals surface area contributed by atoms with Crippen molar-refractivity contribution < 1.29 is 0 Å². The molecule has 1 aliphatic heterocycles. The Morgan fingerprint density at radius 1 is 1.56 bits per heavy atom. The van der Waals surface area contributed by atoms with Crippen LogP contribution < -0.4 is 11.0 Å². The standard InChI is InChI=1S/C6H13N3/c1-2-3-5-9-6-4-7-8-9/h4,6-8H,2-3,5H2,1H3. The molecule has 0 aromatic rings. The lowest BCUT2D eigenvalue weighted by Crippen LogP contribution is -2.35. The van der Waals surface area contributed by atoms with Crippen molar-refractivity contribution in [3.63, 3.8) is 0 Å². The highest BCUT2D eigenvalue weighted by Crippen LogP contribution is 1.93. The minimum Gasteiger partial charge on any atom is -0.310 e. The van der Waals surface area contributed by atoms with Crippen LogP contribution in [-0.2, 0) is 0 Å². The number of hydrogen-bond donors (Lipinski definition) is 2. The summed E-state index contributed by atoms with van der Waals surface area (Å²) in [6.07, 6.45) is 6.36. The zero-order valence-corrected chi connectivity index (χ0v) is 5.72. The first-order valence-electron chi connectivity index (χ1n) is 3.38. The van der Waals surface area contributed by atoms with Gasteiger partial charge in [-0.3, -0.25) is 5.01 Å². The molecule has 0 saturated carbocycles. The van der Waals surface area contributed by atoms with E-state index >= 15 is 0 Å². The molecule has 1 aliphatic rings. The number of rotatable bonds is 3. The molecule has 3 heteroatoms. The van der Waals surface area contributed by atoms with Crippen molar-refractivity contribution in [3.8, 4) is 0 Å². The van der Waals surface area contributed by atoms with Crippen LogP contribution in [0.5, 0.6) is 0 Å². The molecule has 0 amide bonds. The SMILES string of the molecule is CCCCN1C=CNN1. The topological polar surface area (TPSA) is 27.3 Å². The summed E-state index contributed by atoms with van der Waals surface area (Å²) in [7, 11) is 0. The molecular weight excluding hydrogens is 114 g/mol. The Hall–Kier alpha value is -0.700. The van der Waals surface area contributed by atoms with Gasteiger partial charge in [0.25, 0.3) is 0 Å². The lowest BCUT2D eigenvalue weighted by Gasteiger charge is -2.13. The highest BCUT2D eigenvalue weighted by Gasteiger charge is 1.98. The first-order chi connectivity index (χ1) is 4.43. The lowest BCUT2D eigenvalue weighted by atomic mass is 10.3. The van der Waals surface area contributed by atoms with E-state index in [1.54, 1.807) is 0 Å². The molecule has 0 aliphatic carbocycles. The normalized spacial score (nSPS) is 16.3. The van der Waals surface area contributed by atoms with Crippen molar-refractivity contribution in [2.24, 2.45) is 0 Å². The Morgan fingerprint density at radius 2 is 2.44 bits per heavy atom. The second-order valence-corrected chi connectivity index (χ2v) is 2.12. The van der Waals surface area contributed by atoms with Crippen molar-refractivity contribution in [3.05, 3.63) is 12.4 Å². The summed E-state index contributed by atoms with van der Waals surface area (Å²) in [5, 5.41) is 2.03. The van der Waals surface area contributed by atoms with Crippen LogP contribution in [0.25, 0.3) is 0 Å². The second-order valence-electron chi connectivity index (χ2n) is 2.12. The minimum absolute atomic E-state index is 1.08. The Morgan fingerprint density at radius 3 is 3.00 bits per heavy atom. The Bertz CT molecular complexity index is 100. The van der Waals surface area contributed by atoms with E-state index in [2.05, 4.69) is 17.9 Å². The van der Waals surface area contributed by atoms with E-state index in [4.69, 9.17) is 0 Å². The van der Waals surface area contributed by atoms with E-state index in [0.717, 1.165) is 6.54 Å². The molecule has 1 heterocycles. The van der Waals surface area contributed by atoms with Gasteiger partial charge >= 0.3 is 0 Å². The van der Waals surface area contributed by atoms with Gasteiger partial charge < -0.3 is 5.43 Å². The second kappa shape index (κ2) is 3.35. The summed E-state index contributed by atoms with van der Waals surface area (Å²) < 4.78 is 0. The summed E-state index contributed by atoms with van der Waals surface area (Å²) in [5.74, 6) is 0. The van der Waals surface area contributed by atoms with Gasteiger partial charge in [-0.2, -0.15) is 0 Å². The molecule has 0 spiro atoms. The maximum atomic E-state index is 2.96. The first-order valence-corrected chi connectivity index (χ1v) is 3.38. The molecule has 2 N–H and O–H groups in total. The van der Waals surface area contributed by atoms with Crippen molar-refractivity contribution in [2.45, 2.75) is 19.8 Å². The molecule has 0 radical (unpaired) electrons. The molecule has 0 atom stereocenters. The summed E-state index contributed by atoms with van der Waals surface area (Å²) >= 11 is 0. The molecule has 1 rings (SSSR count). The molecule has 0 aromatic heterocycles. The third-order valence-corrected chi connectivity index (χ3v) is 1.30. The van der Waals surface area contributed by atoms with Crippen LogP contribution in [0, 0.1) is 0 Å². The number of nitrogens with zero attached hydrogens (tertiary/aromatic N) is 1. The van der Waals surface area contributed by atoms with Crippen molar-refractivity contribution >= 4 is 0 Å². The van der Waals surface area contributed by atoms with E-state index in [1.807, 2.05) is 17.4 Å². The fourth-order valence-corrected chi connectivity index (χ4v) is 0.744. The fraction of sp³-hybridized carbons (Fsp3) is 0.667. The fourth-order valence-electron chi connectivity index (χ4n) is 0.744. The van der Waals surface area contributed by atoms with E-state index in [1.165, 1.54) is 12.8 Å². The zero-order chi connectivity index (χ0) is 6.53. The smallest absolute Gasteiger partial charge is 0.0355 e. The highest BCUT2D eigenvalue weighted by molar-refractivity contribution is 4.81. The molecular formula is C6H13N3. The van der Waals surface area contributed by atoms with E-state index in [0.29, 0.717) is 0 Å². The van der Waals surface area contributed by atoms with Crippen molar-refractivity contribution in [1.29, 1.82) is 0 Å². The maximum Gasteiger partial charge on any atom is 0.0355 e. The van der Waals surface area contributed by atoms with E-state index < -0.39 is 0 Å². The highest BCUT2D eigenvalue weighted by atomic mass is 15.7. The molecule has 52 valence electrons. The Kier molecular flexibility index (Phi) is 2.39. The third kappa shape index (κ3) is 1.93. The number of hydrazine groups is 2. The zero-order valence-electron chi connectivity index (χ0n) is 5.72. The van der Waals surface area contributed by atoms with Gasteiger partial charge in [0.05, 0.1) is 0 Å². The first kappa shape index (κ1) is 6.42. The van der Waals surface area contributed by atoms with E-state index in [9.17, 15) is 0 Å². The summed E-state index contributed by atoms with van der Waals surface area (Å²) in [6, 6.07) is 0. The number of unbranched alkanes of at least 4 members (excludes halogenated alkanes) is 1. The largest absolute Gasteiger partial charge is 0.310 e. The monoisotopic (exact) mass is 127 g/mol. The van der Waals surface area contributed by atoms with Gasteiger partial charge in [0, 0.05) is 18.9 Å². The summed E-state index contributed by atoms with van der Waals surface area (Å²) in [6.45, 7) is 3.27. The van der Waals surface area contributed by atoms with Crippen LogP contribution in [0.15, 0.2) is 12.4 Å². The van der Waals surface area contributed by atoms with Crippen LogP contribution in [-0.4, -0.2) is 11.6 Å². The molecule has 0 bridgehead atoms. The van der Waals surface area contributed by atoms with Gasteiger partial charge in [-0.15, -0.1) is 5.53 Å². The lowest BCUT2D eigenvalue weighted by molar-refractivity contribution is 0.268. The maximum absolute atomic E-state index is 2.96. The number of hydrogen-bond acceptors (Lipinski definition) is 3. The van der Waals surface area contributed by atoms with Gasteiger partial charge in [-0.05, 0) is 6.42 Å². The molecule has 0 unspecified atom stereocenters. The van der Waals surface area contributed by atoms with Gasteiger partial charge in [0.2, 0.25) is 0 Å². The number of nitrogens with one attached hydrogen (secondary N) is 2. The molecule has 0 aromatic carbocycles. The van der Waals surface area contributed by atoms with Crippen LogP contribution in [0.3, 0.4) is 0 Å². The third-order valence-electron chi connectivity index (χ3n) is 1.30. The van der Waals surface area contributed by atoms with Gasteiger partial charge in [-0.25, -0.2) is 0 Å². The summed E-state index contributed by atoms with van der Waals surface area (Å²) in [5.41, 5.74) is 5.84. The predicted octanol–water partition coefficient (Wildman–Crippen LogP) is 0.582. The van der Waals surface area contributed by atoms with Crippen molar-refractivity contribution in [1.82, 2.24) is 16.0 Å². The Labute approximate surface area is 55.7 Å². The van der Waals surface area contributed by atoms with E-state index in [-0.39, 0.29) is 0 Å². The average molecular weight is 127 g/mol. The predicted molar refractivity (Wildman–Crippen MR) is 37.0 cm³/mol. The van der Waals surface area contributed by atoms with Crippen molar-refractivity contribution in [2.75, 3.05) is 6.54 Å². The van der Waals surface area contributed by atoms with Crippen LogP contribution in [0.2, 0.25) is 0 Å². The molecule has 0 fully saturated rings. The van der Waals surface area contributed by atoms with Gasteiger partial charge in [0.15, 0.2) is 0 Å². The quantitative estimate of drug-likeness (QED) is 0.580. The van der Waals surface area contributed by atoms with Gasteiger partial charge in [0.1, 0.15) is 0 Å². The Balaban J connectivity index is 2.05.